The van der Waals surface area contributed by atoms with Crippen molar-refractivity contribution in [1.29, 1.82) is 0 Å². The maximum atomic E-state index is 12.1. The van der Waals surface area contributed by atoms with Crippen LogP contribution in [0.3, 0.4) is 0 Å². The smallest absolute Gasteiger partial charge is 0.162 e. The minimum Gasteiger partial charge on any atom is -0.389 e. The Bertz CT molecular complexity index is 1260. The van der Waals surface area contributed by atoms with Gasteiger partial charge in [-0.2, -0.15) is 0 Å². The quantitative estimate of drug-likeness (QED) is 0.115. The second kappa shape index (κ2) is 22.9. The summed E-state index contributed by atoms with van der Waals surface area (Å²) in [4.78, 5) is 12.1. The lowest BCUT2D eigenvalue weighted by molar-refractivity contribution is -0.114. The molecule has 0 aliphatic carbocycles. The molecule has 0 heterocycles. The molecule has 226 valence electrons. The number of ketones is 1. The number of carbonyl (C=O) groups is 1. The Balaban J connectivity index is 4.83. The van der Waals surface area contributed by atoms with Gasteiger partial charge in [0.1, 0.15) is 0 Å². The summed E-state index contributed by atoms with van der Waals surface area (Å²) in [6, 6.07) is 0. The van der Waals surface area contributed by atoms with Gasteiger partial charge in [-0.1, -0.05) is 148 Å². The summed E-state index contributed by atoms with van der Waals surface area (Å²) < 4.78 is 0. The molecule has 2 heteroatoms. The molecule has 0 fully saturated rings. The van der Waals surface area contributed by atoms with Crippen LogP contribution in [0.1, 0.15) is 82.1 Å². The normalized spacial score (nSPS) is 15.6. The second-order valence-electron chi connectivity index (χ2n) is 11.3. The molecular weight excluding hydrogens is 512 g/mol. The van der Waals surface area contributed by atoms with E-state index in [1.165, 1.54) is 0 Å². The summed E-state index contributed by atoms with van der Waals surface area (Å²) in [5.74, 6) is 0.153. The summed E-state index contributed by atoms with van der Waals surface area (Å²) >= 11 is 0. The molecule has 1 N–H and O–H groups in total. The molecule has 0 bridgehead atoms. The van der Waals surface area contributed by atoms with Gasteiger partial charge in [-0.05, 0) is 81.2 Å². The Morgan fingerprint density at radius 3 is 1.38 bits per heavy atom. The third kappa shape index (κ3) is 23.0. The molecule has 0 saturated carbocycles. The largest absolute Gasteiger partial charge is 0.389 e. The fourth-order valence-corrected chi connectivity index (χ4v) is 3.44. The Morgan fingerprint density at radius 1 is 0.548 bits per heavy atom. The van der Waals surface area contributed by atoms with Gasteiger partial charge in [0.25, 0.3) is 0 Å². The van der Waals surface area contributed by atoms with Crippen LogP contribution in [0, 0.1) is 0 Å². The third-order valence-electron chi connectivity index (χ3n) is 5.90. The third-order valence-corrected chi connectivity index (χ3v) is 5.90. The molecule has 0 aliphatic rings. The first-order chi connectivity index (χ1) is 19.8. The zero-order valence-corrected chi connectivity index (χ0v) is 27.7. The Labute approximate surface area is 257 Å². The predicted octanol–water partition coefficient (Wildman–Crippen LogP) is 11.1. The molecule has 0 rings (SSSR count). The SMILES string of the molecule is CC(C)=CCC(=O)/C(C)=C/C=C/C(C)=C/C=C/C(C)=C/C=C/C=C(C)/C=C/C=C(C)/C=C/C=C(\C)CC(O)C=C(C)C. The van der Waals surface area contributed by atoms with E-state index >= 15 is 0 Å². The Kier molecular flexibility index (Phi) is 20.8. The van der Waals surface area contributed by atoms with E-state index in [4.69, 9.17) is 0 Å². The lowest BCUT2D eigenvalue weighted by Gasteiger charge is -2.06. The van der Waals surface area contributed by atoms with Crippen LogP contribution in [0.5, 0.6) is 0 Å². The number of aliphatic hydroxyl groups excluding tert-OH is 1. The average Bonchev–Trinajstić information content (AvgIpc) is 2.89. The lowest BCUT2D eigenvalue weighted by Crippen LogP contribution is -2.02. The molecule has 0 saturated heterocycles. The van der Waals surface area contributed by atoms with Crippen LogP contribution in [0.25, 0.3) is 0 Å². The fourth-order valence-electron chi connectivity index (χ4n) is 3.44. The number of aliphatic hydroxyl groups is 1. The van der Waals surface area contributed by atoms with Crippen LogP contribution in [0.2, 0.25) is 0 Å². The summed E-state index contributed by atoms with van der Waals surface area (Å²) in [7, 11) is 0. The predicted molar refractivity (Wildman–Crippen MR) is 187 cm³/mol. The molecule has 0 aromatic carbocycles. The van der Waals surface area contributed by atoms with Crippen molar-refractivity contribution in [2.24, 2.45) is 0 Å². The van der Waals surface area contributed by atoms with Gasteiger partial charge in [-0.15, -0.1) is 0 Å². The Morgan fingerprint density at radius 2 is 0.952 bits per heavy atom. The lowest BCUT2D eigenvalue weighted by atomic mass is 10.1. The van der Waals surface area contributed by atoms with Crippen molar-refractivity contribution in [3.63, 3.8) is 0 Å². The van der Waals surface area contributed by atoms with Gasteiger partial charge in [0, 0.05) is 6.42 Å². The molecule has 42 heavy (non-hydrogen) atoms. The molecule has 0 amide bonds. The van der Waals surface area contributed by atoms with Crippen molar-refractivity contribution in [3.8, 4) is 0 Å². The molecule has 1 atom stereocenters. The summed E-state index contributed by atoms with van der Waals surface area (Å²) in [6.07, 6.45) is 37.1. The zero-order valence-electron chi connectivity index (χ0n) is 27.7. The highest BCUT2D eigenvalue weighted by Gasteiger charge is 2.01. The van der Waals surface area contributed by atoms with E-state index < -0.39 is 6.10 Å². The van der Waals surface area contributed by atoms with Crippen LogP contribution in [-0.2, 0) is 4.79 Å². The van der Waals surface area contributed by atoms with Gasteiger partial charge >= 0.3 is 0 Å². The summed E-state index contributed by atoms with van der Waals surface area (Å²) in [6.45, 7) is 20.2. The van der Waals surface area contributed by atoms with Crippen LogP contribution >= 0.6 is 0 Å². The van der Waals surface area contributed by atoms with Crippen LogP contribution in [0.4, 0.5) is 0 Å². The van der Waals surface area contributed by atoms with E-state index in [0.717, 1.165) is 44.6 Å². The van der Waals surface area contributed by atoms with E-state index in [2.05, 4.69) is 75.5 Å². The molecule has 0 aliphatic heterocycles. The number of Topliss-reactive ketones (excluding diaryl/α,β-unsaturated/α-hetero) is 1. The zero-order chi connectivity index (χ0) is 31.9. The number of hydrogen-bond donors (Lipinski definition) is 1. The van der Waals surface area contributed by atoms with Crippen molar-refractivity contribution in [1.82, 2.24) is 0 Å². The van der Waals surface area contributed by atoms with E-state index in [9.17, 15) is 9.90 Å². The standard InChI is InChI=1S/C40H54O2/c1-31(2)27-28-40(42)38(10)26-16-24-36(8)22-14-20-34(6)18-12-11-17-33(5)19-13-21-35(7)23-15-25-37(9)30-39(41)29-32(3)4/h11-27,29,39,41H,28,30H2,1-10H3/b12-11+,19-13+,20-14+,23-15+,24-16+,33-17+,34-18+,35-21+,36-22+,37-25+,38-26+. The number of rotatable bonds is 16. The van der Waals surface area contributed by atoms with Crippen molar-refractivity contribution in [2.45, 2.75) is 88.2 Å². The van der Waals surface area contributed by atoms with Gasteiger partial charge in [0.15, 0.2) is 5.78 Å². The minimum absolute atomic E-state index is 0.153. The monoisotopic (exact) mass is 566 g/mol. The summed E-state index contributed by atoms with van der Waals surface area (Å²) in [5.41, 5.74) is 8.80. The van der Waals surface area contributed by atoms with Gasteiger partial charge < -0.3 is 5.11 Å². The number of hydrogen-bond acceptors (Lipinski definition) is 2. The van der Waals surface area contributed by atoms with E-state index in [-0.39, 0.29) is 5.78 Å². The maximum Gasteiger partial charge on any atom is 0.162 e. The molecule has 0 aromatic heterocycles. The summed E-state index contributed by atoms with van der Waals surface area (Å²) in [5, 5.41) is 10.0. The van der Waals surface area contributed by atoms with Crippen LogP contribution < -0.4 is 0 Å². The highest BCUT2D eigenvalue weighted by atomic mass is 16.3. The average molecular weight is 567 g/mol. The van der Waals surface area contributed by atoms with E-state index in [0.29, 0.717) is 12.8 Å². The molecule has 0 radical (unpaired) electrons. The topological polar surface area (TPSA) is 37.3 Å². The fraction of sp³-hybridized carbons (Fsp3) is 0.325. The molecule has 2 nitrogen and oxygen atoms in total. The Hall–Kier alpha value is -3.75. The van der Waals surface area contributed by atoms with Crippen molar-refractivity contribution in [3.05, 3.63) is 154 Å². The second-order valence-corrected chi connectivity index (χ2v) is 11.3. The highest BCUT2D eigenvalue weighted by molar-refractivity contribution is 5.96. The van der Waals surface area contributed by atoms with Crippen molar-refractivity contribution in [2.75, 3.05) is 0 Å². The molecule has 0 spiro atoms. The molecular formula is C40H54O2. The van der Waals surface area contributed by atoms with Crippen LogP contribution in [-0.4, -0.2) is 17.0 Å². The highest BCUT2D eigenvalue weighted by Crippen LogP contribution is 2.09. The molecule has 0 aromatic rings. The van der Waals surface area contributed by atoms with E-state index in [1.54, 1.807) is 0 Å². The number of allylic oxidation sites excluding steroid dienone is 24. The first-order valence-electron chi connectivity index (χ1n) is 14.7. The van der Waals surface area contributed by atoms with Gasteiger partial charge in [-0.25, -0.2) is 0 Å². The first kappa shape index (κ1) is 38.2. The van der Waals surface area contributed by atoms with Crippen LogP contribution in [0.15, 0.2) is 154 Å². The van der Waals surface area contributed by atoms with Crippen molar-refractivity contribution < 1.29 is 9.90 Å². The van der Waals surface area contributed by atoms with Gasteiger partial charge in [-0.3, -0.25) is 4.79 Å². The maximum absolute atomic E-state index is 12.1. The van der Waals surface area contributed by atoms with Crippen molar-refractivity contribution >= 4 is 5.78 Å². The van der Waals surface area contributed by atoms with Gasteiger partial charge in [0.05, 0.1) is 6.10 Å². The number of carbonyl (C=O) groups excluding carboxylic acids is 1. The first-order valence-corrected chi connectivity index (χ1v) is 14.7. The van der Waals surface area contributed by atoms with Gasteiger partial charge in [0.2, 0.25) is 0 Å². The minimum atomic E-state index is -0.422. The molecule has 1 unspecified atom stereocenters. The van der Waals surface area contributed by atoms with E-state index in [1.807, 2.05) is 103 Å².